The molecular weight excluding hydrogens is 397 g/mol. The molecule has 0 radical (unpaired) electrons. The number of nitrogens with one attached hydrogen (secondary N) is 2. The molecule has 0 heterocycles. The predicted molar refractivity (Wildman–Crippen MR) is 99.2 cm³/mol. The van der Waals surface area contributed by atoms with Crippen molar-refractivity contribution in [3.05, 3.63) is 59.1 Å². The van der Waals surface area contributed by atoms with Crippen LogP contribution in [0.5, 0.6) is 5.75 Å². The zero-order valence-corrected chi connectivity index (χ0v) is 15.4. The number of rotatable bonds is 8. The minimum atomic E-state index is -4.99. The maximum Gasteiger partial charge on any atom is 0.471 e. The molecule has 0 saturated heterocycles. The van der Waals surface area contributed by atoms with E-state index in [4.69, 9.17) is 16.3 Å². The molecule has 2 aromatic rings. The topological polar surface area (TPSA) is 67.4 Å². The fourth-order valence-electron chi connectivity index (χ4n) is 2.25. The molecule has 0 aliphatic carbocycles. The van der Waals surface area contributed by atoms with Crippen LogP contribution in [0.2, 0.25) is 5.02 Å². The molecule has 28 heavy (non-hydrogen) atoms. The highest BCUT2D eigenvalue weighted by Gasteiger charge is 2.38. The Morgan fingerprint density at radius 3 is 2.43 bits per heavy atom. The molecule has 150 valence electrons. The normalized spacial score (nSPS) is 11.0. The monoisotopic (exact) mass is 414 g/mol. The van der Waals surface area contributed by atoms with E-state index in [0.717, 1.165) is 0 Å². The Balaban J connectivity index is 1.78. The number of hydrogen-bond donors (Lipinski definition) is 2. The summed E-state index contributed by atoms with van der Waals surface area (Å²) in [5.74, 6) is -1.83. The highest BCUT2D eigenvalue weighted by molar-refractivity contribution is 6.32. The van der Waals surface area contributed by atoms with Crippen molar-refractivity contribution < 1.29 is 27.5 Å². The molecule has 0 spiro atoms. The first kappa shape index (κ1) is 21.6. The van der Waals surface area contributed by atoms with Gasteiger partial charge in [-0.05, 0) is 30.2 Å². The van der Waals surface area contributed by atoms with Crippen LogP contribution in [0.3, 0.4) is 0 Å². The van der Waals surface area contributed by atoms with Gasteiger partial charge in [-0.25, -0.2) is 0 Å². The fourth-order valence-corrected chi connectivity index (χ4v) is 2.44. The minimum absolute atomic E-state index is 0.00724. The number of carbonyl (C=O) groups excluding carboxylic acids is 2. The van der Waals surface area contributed by atoms with Crippen LogP contribution in [0.25, 0.3) is 0 Å². The van der Waals surface area contributed by atoms with Crippen molar-refractivity contribution >= 4 is 29.1 Å². The molecule has 0 aliphatic heterocycles. The largest absolute Gasteiger partial charge is 0.492 e. The number of alkyl halides is 3. The van der Waals surface area contributed by atoms with Gasteiger partial charge in [0.15, 0.2) is 0 Å². The summed E-state index contributed by atoms with van der Waals surface area (Å²) in [7, 11) is 0. The first-order valence-electron chi connectivity index (χ1n) is 8.37. The van der Waals surface area contributed by atoms with E-state index in [1.54, 1.807) is 35.6 Å². The lowest BCUT2D eigenvalue weighted by Gasteiger charge is -2.13. The zero-order chi connectivity index (χ0) is 20.6. The van der Waals surface area contributed by atoms with Crippen LogP contribution in [0, 0.1) is 0 Å². The van der Waals surface area contributed by atoms with Crippen molar-refractivity contribution in [3.63, 3.8) is 0 Å². The van der Waals surface area contributed by atoms with Crippen molar-refractivity contribution in [1.82, 2.24) is 5.32 Å². The van der Waals surface area contributed by atoms with Gasteiger partial charge in [-0.1, -0.05) is 41.9 Å². The molecule has 2 amide bonds. The molecule has 0 aromatic heterocycles. The maximum absolute atomic E-state index is 12.4. The highest BCUT2D eigenvalue weighted by Crippen LogP contribution is 2.23. The van der Waals surface area contributed by atoms with E-state index < -0.39 is 12.1 Å². The third kappa shape index (κ3) is 6.77. The van der Waals surface area contributed by atoms with Crippen molar-refractivity contribution in [2.24, 2.45) is 0 Å². The van der Waals surface area contributed by atoms with E-state index in [0.29, 0.717) is 22.8 Å². The van der Waals surface area contributed by atoms with Gasteiger partial charge < -0.3 is 15.4 Å². The van der Waals surface area contributed by atoms with Crippen LogP contribution in [0.15, 0.2) is 48.5 Å². The van der Waals surface area contributed by atoms with E-state index in [1.807, 2.05) is 0 Å². The van der Waals surface area contributed by atoms with Gasteiger partial charge in [0.2, 0.25) is 5.91 Å². The maximum atomic E-state index is 12.4. The molecule has 2 aromatic carbocycles. The smallest absolute Gasteiger partial charge is 0.471 e. The van der Waals surface area contributed by atoms with Crippen LogP contribution < -0.4 is 15.4 Å². The van der Waals surface area contributed by atoms with E-state index in [2.05, 4.69) is 5.32 Å². The van der Waals surface area contributed by atoms with Gasteiger partial charge in [0.1, 0.15) is 5.75 Å². The molecule has 9 heteroatoms. The van der Waals surface area contributed by atoms with Crippen LogP contribution in [0.1, 0.15) is 18.4 Å². The average Bonchev–Trinajstić information content (AvgIpc) is 2.65. The molecular formula is C19H18ClF3N2O3. The minimum Gasteiger partial charge on any atom is -0.492 e. The summed E-state index contributed by atoms with van der Waals surface area (Å²) in [4.78, 5) is 23.0. The van der Waals surface area contributed by atoms with Gasteiger partial charge in [0, 0.05) is 18.7 Å². The Labute approximate surface area is 164 Å². The predicted octanol–water partition coefficient (Wildman–Crippen LogP) is 4.32. The summed E-state index contributed by atoms with van der Waals surface area (Å²) in [5, 5.41) is 4.89. The number of amides is 2. The lowest BCUT2D eigenvalue weighted by atomic mass is 10.1. The molecule has 5 nitrogen and oxygen atoms in total. The molecule has 0 fully saturated rings. The van der Waals surface area contributed by atoms with Gasteiger partial charge in [0.25, 0.3) is 0 Å². The highest BCUT2D eigenvalue weighted by atomic mass is 35.5. The summed E-state index contributed by atoms with van der Waals surface area (Å²) in [6.45, 7) is 0.272. The van der Waals surface area contributed by atoms with E-state index in [-0.39, 0.29) is 31.2 Å². The van der Waals surface area contributed by atoms with Crippen molar-refractivity contribution in [3.8, 4) is 5.75 Å². The fraction of sp³-hybridized carbons (Fsp3) is 0.263. The van der Waals surface area contributed by atoms with Gasteiger partial charge in [-0.15, -0.1) is 0 Å². The first-order valence-corrected chi connectivity index (χ1v) is 8.75. The van der Waals surface area contributed by atoms with Crippen molar-refractivity contribution in [2.45, 2.75) is 25.6 Å². The van der Waals surface area contributed by atoms with Gasteiger partial charge in [-0.3, -0.25) is 9.59 Å². The molecule has 0 unspecified atom stereocenters. The summed E-state index contributed by atoms with van der Waals surface area (Å²) >= 11 is 5.96. The zero-order valence-electron chi connectivity index (χ0n) is 14.7. The second kappa shape index (κ2) is 9.98. The van der Waals surface area contributed by atoms with E-state index in [1.165, 1.54) is 18.2 Å². The second-order valence-corrected chi connectivity index (χ2v) is 6.18. The number of halogens is 4. The van der Waals surface area contributed by atoms with E-state index in [9.17, 15) is 22.8 Å². The average molecular weight is 415 g/mol. The SMILES string of the molecule is O=C(CCCOc1ccccc1Cl)NCc1ccccc1NC(=O)C(F)(F)F. The number of anilines is 1. The molecule has 0 saturated carbocycles. The van der Waals surface area contributed by atoms with E-state index >= 15 is 0 Å². The Bertz CT molecular complexity index is 828. The summed E-state index contributed by atoms with van der Waals surface area (Å²) in [6, 6.07) is 12.9. The summed E-state index contributed by atoms with van der Waals surface area (Å²) < 4.78 is 42.7. The Morgan fingerprint density at radius 1 is 1.04 bits per heavy atom. The lowest BCUT2D eigenvalue weighted by molar-refractivity contribution is -0.167. The van der Waals surface area contributed by atoms with Gasteiger partial charge >= 0.3 is 12.1 Å². The number of para-hydroxylation sites is 2. The Kier molecular flexibility index (Phi) is 7.69. The summed E-state index contributed by atoms with van der Waals surface area (Å²) in [6.07, 6.45) is -4.39. The molecule has 2 N–H and O–H groups in total. The number of carbonyl (C=O) groups is 2. The van der Waals surface area contributed by atoms with Crippen LogP contribution in [-0.2, 0) is 16.1 Å². The standard InChI is InChI=1S/C19H18ClF3N2O3/c20-14-7-2-4-9-16(14)28-11-5-10-17(26)24-12-13-6-1-3-8-15(13)25-18(27)19(21,22)23/h1-4,6-9H,5,10-12H2,(H,24,26)(H,25,27). The van der Waals surface area contributed by atoms with Crippen LogP contribution in [-0.4, -0.2) is 24.6 Å². The Morgan fingerprint density at radius 2 is 1.71 bits per heavy atom. The molecule has 0 atom stereocenters. The molecule has 0 aliphatic rings. The van der Waals surface area contributed by atoms with Crippen LogP contribution in [0.4, 0.5) is 18.9 Å². The third-order valence-corrected chi connectivity index (χ3v) is 3.95. The third-order valence-electron chi connectivity index (χ3n) is 3.64. The van der Waals surface area contributed by atoms with Gasteiger partial charge in [-0.2, -0.15) is 13.2 Å². The summed E-state index contributed by atoms with van der Waals surface area (Å²) in [5.41, 5.74) is 0.355. The number of hydrogen-bond acceptors (Lipinski definition) is 3. The van der Waals surface area contributed by atoms with Crippen LogP contribution >= 0.6 is 11.6 Å². The van der Waals surface area contributed by atoms with Gasteiger partial charge in [0.05, 0.1) is 11.6 Å². The number of ether oxygens (including phenoxy) is 1. The second-order valence-electron chi connectivity index (χ2n) is 5.77. The Hall–Kier alpha value is -2.74. The first-order chi connectivity index (χ1) is 13.3. The lowest BCUT2D eigenvalue weighted by Crippen LogP contribution is -2.31. The molecule has 2 rings (SSSR count). The van der Waals surface area contributed by atoms with Crippen molar-refractivity contribution in [2.75, 3.05) is 11.9 Å². The quantitative estimate of drug-likeness (QED) is 0.632. The number of benzene rings is 2. The van der Waals surface area contributed by atoms with Crippen molar-refractivity contribution in [1.29, 1.82) is 0 Å². The molecule has 0 bridgehead atoms.